The number of carbonyl (C=O) groups is 1. The van der Waals surface area contributed by atoms with E-state index in [1.54, 1.807) is 14.2 Å². The first-order chi connectivity index (χ1) is 9.00. The molecule has 2 rings (SSSR count). The molecule has 1 aromatic carbocycles. The van der Waals surface area contributed by atoms with Crippen molar-refractivity contribution in [3.63, 3.8) is 0 Å². The summed E-state index contributed by atoms with van der Waals surface area (Å²) < 4.78 is 10.5. The maximum Gasteiger partial charge on any atom is 0.245 e. The Labute approximate surface area is 113 Å². The third kappa shape index (κ3) is 2.32. The van der Waals surface area contributed by atoms with Crippen LogP contribution in [0.2, 0.25) is 0 Å². The van der Waals surface area contributed by atoms with Crippen LogP contribution in [0.5, 0.6) is 11.5 Å². The van der Waals surface area contributed by atoms with Crippen molar-refractivity contribution in [1.29, 1.82) is 0 Å². The van der Waals surface area contributed by atoms with Gasteiger partial charge in [0.25, 0.3) is 0 Å². The number of ether oxygens (including phenoxy) is 2. The van der Waals surface area contributed by atoms with Gasteiger partial charge in [-0.05, 0) is 26.0 Å². The van der Waals surface area contributed by atoms with Crippen molar-refractivity contribution in [2.45, 2.75) is 19.4 Å². The number of methoxy groups -OCH3 is 2. The molecular formula is C14H20N2O3. The van der Waals surface area contributed by atoms with Crippen molar-refractivity contribution < 1.29 is 14.3 Å². The zero-order valence-electron chi connectivity index (χ0n) is 11.8. The molecule has 5 nitrogen and oxygen atoms in total. The third-order valence-corrected chi connectivity index (χ3v) is 3.53. The summed E-state index contributed by atoms with van der Waals surface area (Å²) in [6, 6.07) is 5.71. The van der Waals surface area contributed by atoms with Crippen LogP contribution in [-0.2, 0) is 4.79 Å². The van der Waals surface area contributed by atoms with Crippen molar-refractivity contribution in [3.05, 3.63) is 18.2 Å². The largest absolute Gasteiger partial charge is 0.493 e. The first-order valence-corrected chi connectivity index (χ1v) is 6.28. The predicted octanol–water partition coefficient (Wildman–Crippen LogP) is 1.42. The summed E-state index contributed by atoms with van der Waals surface area (Å²) in [6.45, 7) is 5.25. The van der Waals surface area contributed by atoms with Crippen molar-refractivity contribution in [3.8, 4) is 11.5 Å². The number of rotatable bonds is 3. The van der Waals surface area contributed by atoms with Gasteiger partial charge in [-0.2, -0.15) is 0 Å². The van der Waals surface area contributed by atoms with E-state index in [1.807, 2.05) is 32.0 Å². The Morgan fingerprint density at radius 3 is 2.53 bits per heavy atom. The van der Waals surface area contributed by atoms with Crippen LogP contribution in [0.3, 0.4) is 0 Å². The molecule has 104 valence electrons. The molecule has 1 fully saturated rings. The van der Waals surface area contributed by atoms with Crippen LogP contribution >= 0.6 is 0 Å². The van der Waals surface area contributed by atoms with Crippen LogP contribution in [0, 0.1) is 0 Å². The van der Waals surface area contributed by atoms with Crippen LogP contribution < -0.4 is 19.7 Å². The van der Waals surface area contributed by atoms with Gasteiger partial charge in [0, 0.05) is 24.8 Å². The molecule has 0 atom stereocenters. The molecule has 0 unspecified atom stereocenters. The standard InChI is InChI=1S/C14H20N2O3/c1-14(2)13(17)15-7-8-16(14)10-5-6-11(18-3)12(9-10)19-4/h5-6,9H,7-8H2,1-4H3,(H,15,17). The normalized spacial score (nSPS) is 17.9. The van der Waals surface area contributed by atoms with Crippen molar-refractivity contribution in [2.75, 3.05) is 32.2 Å². The first-order valence-electron chi connectivity index (χ1n) is 6.28. The van der Waals surface area contributed by atoms with Crippen LogP contribution in [0.25, 0.3) is 0 Å². The Kier molecular flexibility index (Phi) is 3.55. The molecule has 1 N–H and O–H groups in total. The van der Waals surface area contributed by atoms with Crippen molar-refractivity contribution in [1.82, 2.24) is 5.32 Å². The summed E-state index contributed by atoms with van der Waals surface area (Å²) in [5, 5.41) is 2.89. The Morgan fingerprint density at radius 2 is 1.89 bits per heavy atom. The molecule has 0 aliphatic carbocycles. The minimum absolute atomic E-state index is 0.0357. The Bertz CT molecular complexity index is 486. The summed E-state index contributed by atoms with van der Waals surface area (Å²) >= 11 is 0. The van der Waals surface area contributed by atoms with Crippen LogP contribution in [0.1, 0.15) is 13.8 Å². The summed E-state index contributed by atoms with van der Waals surface area (Å²) in [6.07, 6.45) is 0. The molecule has 5 heteroatoms. The highest BCUT2D eigenvalue weighted by Crippen LogP contribution is 2.34. The Morgan fingerprint density at radius 1 is 1.21 bits per heavy atom. The molecular weight excluding hydrogens is 244 g/mol. The molecule has 19 heavy (non-hydrogen) atoms. The lowest BCUT2D eigenvalue weighted by molar-refractivity contribution is -0.126. The van der Waals surface area contributed by atoms with E-state index in [2.05, 4.69) is 10.2 Å². The molecule has 0 spiro atoms. The zero-order valence-corrected chi connectivity index (χ0v) is 11.8. The number of piperazine rings is 1. The third-order valence-electron chi connectivity index (χ3n) is 3.53. The number of carbonyl (C=O) groups excluding carboxylic acids is 1. The number of benzene rings is 1. The summed E-state index contributed by atoms with van der Waals surface area (Å²) in [5.41, 5.74) is 0.384. The number of nitrogens with one attached hydrogen (secondary N) is 1. The number of amides is 1. The van der Waals surface area contributed by atoms with Gasteiger partial charge in [-0.25, -0.2) is 0 Å². The topological polar surface area (TPSA) is 50.8 Å². The lowest BCUT2D eigenvalue weighted by Gasteiger charge is -2.43. The van der Waals surface area contributed by atoms with Crippen LogP contribution in [-0.4, -0.2) is 38.8 Å². The van der Waals surface area contributed by atoms with Crippen molar-refractivity contribution >= 4 is 11.6 Å². The Balaban J connectivity index is 2.38. The lowest BCUT2D eigenvalue weighted by atomic mass is 9.98. The minimum atomic E-state index is -0.572. The molecule has 0 saturated carbocycles. The SMILES string of the molecule is COc1ccc(N2CCNC(=O)C2(C)C)cc1OC. The lowest BCUT2D eigenvalue weighted by Crippen LogP contribution is -2.62. The minimum Gasteiger partial charge on any atom is -0.493 e. The van der Waals surface area contributed by atoms with Gasteiger partial charge >= 0.3 is 0 Å². The highest BCUT2D eigenvalue weighted by atomic mass is 16.5. The maximum absolute atomic E-state index is 12.0. The van der Waals surface area contributed by atoms with Gasteiger partial charge in [-0.3, -0.25) is 4.79 Å². The van der Waals surface area contributed by atoms with E-state index < -0.39 is 5.54 Å². The molecule has 0 radical (unpaired) electrons. The second kappa shape index (κ2) is 4.99. The van der Waals surface area contributed by atoms with Gasteiger partial charge in [0.1, 0.15) is 5.54 Å². The fraction of sp³-hybridized carbons (Fsp3) is 0.500. The predicted molar refractivity (Wildman–Crippen MR) is 74.0 cm³/mol. The molecule has 1 amide bonds. The first kappa shape index (κ1) is 13.5. The molecule has 0 aromatic heterocycles. The maximum atomic E-state index is 12.0. The summed E-state index contributed by atoms with van der Waals surface area (Å²) in [4.78, 5) is 14.0. The van der Waals surface area contributed by atoms with Gasteiger partial charge in [0.15, 0.2) is 11.5 Å². The van der Waals surface area contributed by atoms with E-state index in [9.17, 15) is 4.79 Å². The molecule has 1 aliphatic rings. The van der Waals surface area contributed by atoms with Gasteiger partial charge in [-0.1, -0.05) is 0 Å². The van der Waals surface area contributed by atoms with Gasteiger partial charge in [-0.15, -0.1) is 0 Å². The van der Waals surface area contributed by atoms with Gasteiger partial charge < -0.3 is 19.7 Å². The average Bonchev–Trinajstić information content (AvgIpc) is 2.41. The molecule has 1 heterocycles. The van der Waals surface area contributed by atoms with Crippen LogP contribution in [0.15, 0.2) is 18.2 Å². The van der Waals surface area contributed by atoms with E-state index in [0.29, 0.717) is 18.0 Å². The highest BCUT2D eigenvalue weighted by Gasteiger charge is 2.37. The smallest absolute Gasteiger partial charge is 0.245 e. The van der Waals surface area contributed by atoms with Gasteiger partial charge in [0.2, 0.25) is 5.91 Å². The van der Waals surface area contributed by atoms with Gasteiger partial charge in [0.05, 0.1) is 14.2 Å². The van der Waals surface area contributed by atoms with Crippen molar-refractivity contribution in [2.24, 2.45) is 0 Å². The van der Waals surface area contributed by atoms with E-state index in [0.717, 1.165) is 12.2 Å². The fourth-order valence-corrected chi connectivity index (χ4v) is 2.34. The monoisotopic (exact) mass is 264 g/mol. The number of nitrogens with zero attached hydrogens (tertiary/aromatic N) is 1. The molecule has 1 aromatic rings. The fourth-order valence-electron chi connectivity index (χ4n) is 2.34. The number of anilines is 1. The number of hydrogen-bond acceptors (Lipinski definition) is 4. The summed E-state index contributed by atoms with van der Waals surface area (Å²) in [5.74, 6) is 1.39. The highest BCUT2D eigenvalue weighted by molar-refractivity contribution is 5.90. The number of hydrogen-bond donors (Lipinski definition) is 1. The van der Waals surface area contributed by atoms with E-state index in [-0.39, 0.29) is 5.91 Å². The zero-order chi connectivity index (χ0) is 14.0. The molecule has 1 aliphatic heterocycles. The average molecular weight is 264 g/mol. The Hall–Kier alpha value is -1.91. The van der Waals surface area contributed by atoms with E-state index >= 15 is 0 Å². The van der Waals surface area contributed by atoms with E-state index in [1.165, 1.54) is 0 Å². The van der Waals surface area contributed by atoms with Crippen LogP contribution in [0.4, 0.5) is 5.69 Å². The molecule has 1 saturated heterocycles. The second-order valence-corrected chi connectivity index (χ2v) is 5.01. The second-order valence-electron chi connectivity index (χ2n) is 5.01. The summed E-state index contributed by atoms with van der Waals surface area (Å²) in [7, 11) is 3.21. The molecule has 0 bridgehead atoms. The van der Waals surface area contributed by atoms with E-state index in [4.69, 9.17) is 9.47 Å². The quantitative estimate of drug-likeness (QED) is 0.897.